The van der Waals surface area contributed by atoms with Gasteiger partial charge in [-0.05, 0) is 45.0 Å². The Labute approximate surface area is 186 Å². The van der Waals surface area contributed by atoms with Crippen molar-refractivity contribution in [3.05, 3.63) is 77.1 Å². The first-order valence-corrected chi connectivity index (χ1v) is 10.2. The number of nitrogens with zero attached hydrogens (tertiary/aromatic N) is 3. The van der Waals surface area contributed by atoms with E-state index in [1.54, 1.807) is 30.7 Å². The van der Waals surface area contributed by atoms with Crippen LogP contribution in [0.2, 0.25) is 0 Å². The van der Waals surface area contributed by atoms with Crippen molar-refractivity contribution in [1.82, 2.24) is 14.7 Å². The van der Waals surface area contributed by atoms with E-state index in [1.807, 2.05) is 49.4 Å². The predicted octanol–water partition coefficient (Wildman–Crippen LogP) is 3.05. The topological polar surface area (TPSA) is 93.5 Å². The molecule has 0 aliphatic heterocycles. The summed E-state index contributed by atoms with van der Waals surface area (Å²) in [6.07, 6.45) is 0. The van der Waals surface area contributed by atoms with Crippen LogP contribution in [-0.2, 0) is 14.3 Å². The van der Waals surface area contributed by atoms with Gasteiger partial charge >= 0.3 is 5.97 Å². The Balaban J connectivity index is 1.56. The number of amides is 2. The minimum atomic E-state index is -0.631. The number of esters is 1. The normalized spacial score (nSPS) is 10.5. The smallest absolute Gasteiger partial charge is 0.342 e. The van der Waals surface area contributed by atoms with Crippen molar-refractivity contribution in [1.29, 1.82) is 0 Å². The highest BCUT2D eigenvalue weighted by Gasteiger charge is 2.22. The maximum absolute atomic E-state index is 12.6. The van der Waals surface area contributed by atoms with Gasteiger partial charge in [-0.1, -0.05) is 35.9 Å². The number of para-hydroxylation sites is 1. The Morgan fingerprint density at radius 1 is 1.00 bits per heavy atom. The van der Waals surface area contributed by atoms with E-state index in [2.05, 4.69) is 10.4 Å². The molecule has 0 spiro atoms. The molecule has 0 saturated carbocycles. The molecule has 0 aliphatic carbocycles. The number of carbonyl (C=O) groups excluding carboxylic acids is 3. The van der Waals surface area contributed by atoms with Crippen molar-refractivity contribution < 1.29 is 19.1 Å². The molecule has 3 rings (SSSR count). The molecular weight excluding hydrogens is 408 g/mol. The quantitative estimate of drug-likeness (QED) is 0.577. The highest BCUT2D eigenvalue weighted by Crippen LogP contribution is 2.18. The molecule has 32 heavy (non-hydrogen) atoms. The van der Waals surface area contributed by atoms with E-state index in [4.69, 9.17) is 4.74 Å². The molecular formula is C24H26N4O4. The van der Waals surface area contributed by atoms with Gasteiger partial charge in [0.15, 0.2) is 6.61 Å². The molecule has 0 radical (unpaired) electrons. The predicted molar refractivity (Wildman–Crippen MR) is 121 cm³/mol. The molecule has 2 amide bonds. The van der Waals surface area contributed by atoms with Gasteiger partial charge in [0.2, 0.25) is 5.91 Å². The molecule has 0 bridgehead atoms. The summed E-state index contributed by atoms with van der Waals surface area (Å²) in [5, 5.41) is 7.14. The minimum Gasteiger partial charge on any atom is -0.452 e. The van der Waals surface area contributed by atoms with Gasteiger partial charge < -0.3 is 15.0 Å². The van der Waals surface area contributed by atoms with Crippen molar-refractivity contribution in [3.63, 3.8) is 0 Å². The molecule has 0 saturated heterocycles. The lowest BCUT2D eigenvalue weighted by Gasteiger charge is -2.17. The number of ether oxygens (including phenoxy) is 1. The summed E-state index contributed by atoms with van der Waals surface area (Å²) >= 11 is 0. The fraction of sp³-hybridized carbons (Fsp3) is 0.250. The van der Waals surface area contributed by atoms with Crippen LogP contribution < -0.4 is 5.32 Å². The first-order chi connectivity index (χ1) is 15.3. The third-order valence-corrected chi connectivity index (χ3v) is 4.96. The van der Waals surface area contributed by atoms with E-state index in [0.29, 0.717) is 22.6 Å². The average Bonchev–Trinajstić information content (AvgIpc) is 3.07. The molecule has 1 heterocycles. The van der Waals surface area contributed by atoms with E-state index < -0.39 is 18.5 Å². The summed E-state index contributed by atoms with van der Waals surface area (Å²) in [5.74, 6) is -1.46. The van der Waals surface area contributed by atoms with Crippen LogP contribution in [0, 0.1) is 20.8 Å². The van der Waals surface area contributed by atoms with Gasteiger partial charge in [0.25, 0.3) is 5.91 Å². The number of hydrogen-bond donors (Lipinski definition) is 1. The highest BCUT2D eigenvalue weighted by atomic mass is 16.5. The van der Waals surface area contributed by atoms with E-state index >= 15 is 0 Å². The number of rotatable bonds is 7. The van der Waals surface area contributed by atoms with Gasteiger partial charge in [-0.25, -0.2) is 9.48 Å². The van der Waals surface area contributed by atoms with Gasteiger partial charge in [0.05, 0.1) is 23.6 Å². The lowest BCUT2D eigenvalue weighted by Crippen LogP contribution is -2.37. The Morgan fingerprint density at radius 2 is 1.66 bits per heavy atom. The zero-order valence-electron chi connectivity index (χ0n) is 18.6. The lowest BCUT2D eigenvalue weighted by atomic mass is 10.2. The van der Waals surface area contributed by atoms with Crippen molar-refractivity contribution in [2.75, 3.05) is 25.5 Å². The van der Waals surface area contributed by atoms with Gasteiger partial charge in [0, 0.05) is 12.7 Å². The summed E-state index contributed by atoms with van der Waals surface area (Å²) in [6, 6.07) is 16.8. The Kier molecular flexibility index (Phi) is 7.04. The van der Waals surface area contributed by atoms with Gasteiger partial charge in [-0.2, -0.15) is 5.10 Å². The zero-order valence-corrected chi connectivity index (χ0v) is 18.6. The molecule has 8 heteroatoms. The van der Waals surface area contributed by atoms with Gasteiger partial charge in [-0.15, -0.1) is 0 Å². The molecule has 1 N–H and O–H groups in total. The third-order valence-electron chi connectivity index (χ3n) is 4.96. The maximum Gasteiger partial charge on any atom is 0.342 e. The average molecular weight is 434 g/mol. The molecule has 1 aromatic heterocycles. The number of likely N-dealkylation sites (N-methyl/N-ethyl adjacent to an activating group) is 1. The number of hydrogen-bond acceptors (Lipinski definition) is 5. The third kappa shape index (κ3) is 5.40. The molecule has 0 fully saturated rings. The molecule has 0 atom stereocenters. The maximum atomic E-state index is 12.6. The second-order valence-corrected chi connectivity index (χ2v) is 7.53. The first kappa shape index (κ1) is 22.7. The summed E-state index contributed by atoms with van der Waals surface area (Å²) in [4.78, 5) is 38.4. The molecule has 2 aromatic carbocycles. The number of benzene rings is 2. The number of carbonyl (C=O) groups is 3. The fourth-order valence-corrected chi connectivity index (χ4v) is 3.21. The van der Waals surface area contributed by atoms with E-state index in [1.165, 1.54) is 11.9 Å². The SMILES string of the molecule is Cc1ccc(NC(=O)CN(C)C(=O)COC(=O)c2c(C)nn(-c3ccccc3)c2C)cc1. The first-order valence-electron chi connectivity index (χ1n) is 10.2. The van der Waals surface area contributed by atoms with E-state index in [0.717, 1.165) is 11.3 Å². The monoisotopic (exact) mass is 434 g/mol. The second kappa shape index (κ2) is 9.91. The number of aryl methyl sites for hydroxylation is 2. The van der Waals surface area contributed by atoms with E-state index in [9.17, 15) is 14.4 Å². The van der Waals surface area contributed by atoms with E-state index in [-0.39, 0.29) is 12.5 Å². The molecule has 8 nitrogen and oxygen atoms in total. The Morgan fingerprint density at radius 3 is 2.31 bits per heavy atom. The van der Waals surface area contributed by atoms with Crippen LogP contribution in [-0.4, -0.2) is 52.7 Å². The Hall–Kier alpha value is -3.94. The second-order valence-electron chi connectivity index (χ2n) is 7.53. The van der Waals surface area contributed by atoms with Crippen LogP contribution in [0.5, 0.6) is 0 Å². The zero-order chi connectivity index (χ0) is 23.3. The minimum absolute atomic E-state index is 0.158. The van der Waals surface area contributed by atoms with Crippen LogP contribution in [0.1, 0.15) is 27.3 Å². The standard InChI is InChI=1S/C24H26N4O4/c1-16-10-12-19(13-11-16)25-21(29)14-27(4)22(30)15-32-24(31)23-17(2)26-28(18(23)3)20-8-6-5-7-9-20/h5-13H,14-15H2,1-4H3,(H,25,29). The van der Waals surface area contributed by atoms with Crippen molar-refractivity contribution >= 4 is 23.5 Å². The molecule has 0 unspecified atom stereocenters. The van der Waals surface area contributed by atoms with Crippen molar-refractivity contribution in [3.8, 4) is 5.69 Å². The van der Waals surface area contributed by atoms with Gasteiger partial charge in [0.1, 0.15) is 5.56 Å². The van der Waals surface area contributed by atoms with Crippen LogP contribution in [0.4, 0.5) is 5.69 Å². The van der Waals surface area contributed by atoms with Crippen LogP contribution in [0.25, 0.3) is 5.69 Å². The Bertz CT molecular complexity index is 1120. The summed E-state index contributed by atoms with van der Waals surface area (Å²) in [5.41, 5.74) is 4.00. The summed E-state index contributed by atoms with van der Waals surface area (Å²) in [6.45, 7) is 4.81. The lowest BCUT2D eigenvalue weighted by molar-refractivity contribution is -0.136. The largest absolute Gasteiger partial charge is 0.452 e. The summed E-state index contributed by atoms with van der Waals surface area (Å²) < 4.78 is 6.88. The molecule has 166 valence electrons. The highest BCUT2D eigenvalue weighted by molar-refractivity contribution is 5.96. The van der Waals surface area contributed by atoms with Gasteiger partial charge in [-0.3, -0.25) is 9.59 Å². The fourth-order valence-electron chi connectivity index (χ4n) is 3.21. The van der Waals surface area contributed by atoms with Crippen molar-refractivity contribution in [2.45, 2.75) is 20.8 Å². The molecule has 3 aromatic rings. The van der Waals surface area contributed by atoms with Crippen LogP contribution in [0.15, 0.2) is 54.6 Å². The number of anilines is 1. The van der Waals surface area contributed by atoms with Crippen molar-refractivity contribution in [2.24, 2.45) is 0 Å². The molecule has 0 aliphatic rings. The number of nitrogens with one attached hydrogen (secondary N) is 1. The summed E-state index contributed by atoms with van der Waals surface area (Å²) in [7, 11) is 1.48. The van der Waals surface area contributed by atoms with Crippen LogP contribution in [0.3, 0.4) is 0 Å². The number of aromatic nitrogens is 2. The van der Waals surface area contributed by atoms with Crippen LogP contribution >= 0.6 is 0 Å².